The van der Waals surface area contributed by atoms with Gasteiger partial charge in [-0.3, -0.25) is 14.9 Å². The summed E-state index contributed by atoms with van der Waals surface area (Å²) in [5.41, 5.74) is 1.16. The van der Waals surface area contributed by atoms with Crippen LogP contribution in [0.5, 0.6) is 17.6 Å². The molecule has 7 rings (SSSR count). The third kappa shape index (κ3) is 7.82. The van der Waals surface area contributed by atoms with Gasteiger partial charge in [-0.15, -0.1) is 0 Å². The highest BCUT2D eigenvalue weighted by molar-refractivity contribution is 6.78. The van der Waals surface area contributed by atoms with Crippen molar-refractivity contribution < 1.29 is 32.2 Å². The second-order valence-corrected chi connectivity index (χ2v) is 22.4. The fraction of sp³-hybridized carbons (Fsp3) is 0.619. The van der Waals surface area contributed by atoms with Gasteiger partial charge in [-0.1, -0.05) is 41.5 Å². The maximum atomic E-state index is 17.1. The van der Waals surface area contributed by atoms with Gasteiger partial charge in [0.15, 0.2) is 5.82 Å². The standard InChI is InChI=1S/C42H57F3N6O4Si/c1-25(2)56(26(3)4,27(5)6)55-30-17-32(36-31(34(44)22-47-35(36)18-30)12-9-16-53-29-11-7-8-14-46-20-29)38-37(45)39-33(21-48-38)40(52)50-41(49-39)54-24-42-13-10-15-51(42)23-28(43)19-42/h17-18,21-22,25-29,46H,7-16,19-20,23-24H2,1-6H3,(H,49,50,52)/t28-,29-,42+/m1/s1. The summed E-state index contributed by atoms with van der Waals surface area (Å²) in [6, 6.07) is 3.38. The molecule has 3 aromatic heterocycles. The summed E-state index contributed by atoms with van der Waals surface area (Å²) in [6.07, 6.45) is 7.83. The van der Waals surface area contributed by atoms with Crippen molar-refractivity contribution in [1.82, 2.24) is 30.2 Å². The molecule has 4 aromatic rings. The van der Waals surface area contributed by atoms with E-state index in [1.165, 1.54) is 12.4 Å². The van der Waals surface area contributed by atoms with Gasteiger partial charge in [-0.25, -0.2) is 13.2 Å². The second-order valence-electron chi connectivity index (χ2n) is 17.0. The Bertz CT molecular complexity index is 2010. The molecule has 3 fully saturated rings. The number of nitrogens with one attached hydrogen (secondary N) is 1. The number of alkyl halides is 1. The van der Waals surface area contributed by atoms with Crippen molar-refractivity contribution in [1.29, 1.82) is 0 Å². The lowest BCUT2D eigenvalue weighted by Gasteiger charge is -2.42. The van der Waals surface area contributed by atoms with Gasteiger partial charge in [-0.05, 0) is 86.3 Å². The number of aromatic nitrogens is 4. The number of rotatable bonds is 14. The summed E-state index contributed by atoms with van der Waals surface area (Å²) in [4.78, 5) is 19.7. The van der Waals surface area contributed by atoms with E-state index in [4.69, 9.17) is 13.9 Å². The zero-order chi connectivity index (χ0) is 39.8. The average molecular weight is 795 g/mol. The van der Waals surface area contributed by atoms with Crippen molar-refractivity contribution in [2.45, 2.75) is 127 Å². The summed E-state index contributed by atoms with van der Waals surface area (Å²) in [6.45, 7) is 16.6. The summed E-state index contributed by atoms with van der Waals surface area (Å²) >= 11 is 0. The summed E-state index contributed by atoms with van der Waals surface area (Å²) in [5, 5.41) is 14.8. The SMILES string of the molecule is CC(C)[Si](Oc1cc(-c2ncc3c(O)nc(OC[C@@]45CCCN4C[C@H](F)C5)nc3c2F)c2c(CCCO[C@@H]3CCCCNC3)c(F)cnc2c1)(C(C)C)C(C)C. The fourth-order valence-electron chi connectivity index (χ4n) is 9.94. The quantitative estimate of drug-likeness (QED) is 0.0949. The van der Waals surface area contributed by atoms with Crippen LogP contribution in [0, 0.1) is 11.6 Å². The van der Waals surface area contributed by atoms with E-state index in [-0.39, 0.29) is 51.9 Å². The third-order valence-corrected chi connectivity index (χ3v) is 18.6. The molecule has 3 atom stereocenters. The zero-order valence-corrected chi connectivity index (χ0v) is 34.6. The number of benzene rings is 1. The van der Waals surface area contributed by atoms with Crippen molar-refractivity contribution in [3.63, 3.8) is 0 Å². The molecule has 6 heterocycles. The Balaban J connectivity index is 1.30. The average Bonchev–Trinajstić information content (AvgIpc) is 3.55. The van der Waals surface area contributed by atoms with Gasteiger partial charge >= 0.3 is 6.01 Å². The third-order valence-electron chi connectivity index (χ3n) is 12.6. The molecule has 0 spiro atoms. The van der Waals surface area contributed by atoms with E-state index in [0.29, 0.717) is 60.2 Å². The molecule has 0 unspecified atom stereocenters. The lowest BCUT2D eigenvalue weighted by Crippen LogP contribution is -2.50. The number of pyridine rings is 2. The minimum atomic E-state index is -2.49. The maximum Gasteiger partial charge on any atom is 0.320 e. The first-order valence-electron chi connectivity index (χ1n) is 20.5. The van der Waals surface area contributed by atoms with Crippen molar-refractivity contribution in [2.75, 3.05) is 39.4 Å². The molecule has 3 aliphatic rings. The molecule has 10 nitrogen and oxygen atoms in total. The van der Waals surface area contributed by atoms with E-state index in [1.54, 1.807) is 6.07 Å². The number of hydrogen-bond acceptors (Lipinski definition) is 10. The van der Waals surface area contributed by atoms with Crippen LogP contribution in [-0.2, 0) is 11.2 Å². The van der Waals surface area contributed by atoms with Gasteiger partial charge < -0.3 is 24.3 Å². The predicted molar refractivity (Wildman–Crippen MR) is 215 cm³/mol. The highest BCUT2D eigenvalue weighted by Gasteiger charge is 2.50. The predicted octanol–water partition coefficient (Wildman–Crippen LogP) is 8.82. The lowest BCUT2D eigenvalue weighted by atomic mass is 9.95. The van der Waals surface area contributed by atoms with Crippen LogP contribution >= 0.6 is 0 Å². The molecule has 14 heteroatoms. The number of halogens is 3. The normalized spacial score (nSPS) is 22.1. The van der Waals surface area contributed by atoms with Crippen molar-refractivity contribution in [2.24, 2.45) is 0 Å². The Morgan fingerprint density at radius 1 is 1.02 bits per heavy atom. The first-order valence-corrected chi connectivity index (χ1v) is 22.7. The van der Waals surface area contributed by atoms with E-state index < -0.39 is 37.5 Å². The first-order chi connectivity index (χ1) is 26.8. The fourth-order valence-corrected chi connectivity index (χ4v) is 15.2. The van der Waals surface area contributed by atoms with Crippen LogP contribution < -0.4 is 14.5 Å². The molecule has 56 heavy (non-hydrogen) atoms. The highest BCUT2D eigenvalue weighted by atomic mass is 28.4. The Kier molecular flexibility index (Phi) is 12.1. The largest absolute Gasteiger partial charge is 0.543 e. The van der Waals surface area contributed by atoms with Crippen molar-refractivity contribution >= 4 is 30.1 Å². The molecule has 3 saturated heterocycles. The zero-order valence-electron chi connectivity index (χ0n) is 33.6. The maximum absolute atomic E-state index is 17.1. The topological polar surface area (TPSA) is 115 Å². The molecule has 1 aromatic carbocycles. The molecule has 3 aliphatic heterocycles. The van der Waals surface area contributed by atoms with Crippen LogP contribution in [-0.4, -0.2) is 95.5 Å². The smallest absolute Gasteiger partial charge is 0.320 e. The van der Waals surface area contributed by atoms with Gasteiger partial charge in [0, 0.05) is 49.3 Å². The van der Waals surface area contributed by atoms with Gasteiger partial charge in [0.05, 0.1) is 28.7 Å². The molecule has 0 aliphatic carbocycles. The van der Waals surface area contributed by atoms with Gasteiger partial charge in [0.2, 0.25) is 5.88 Å². The van der Waals surface area contributed by atoms with Gasteiger partial charge in [0.1, 0.15) is 35.6 Å². The van der Waals surface area contributed by atoms with E-state index in [9.17, 15) is 9.50 Å². The van der Waals surface area contributed by atoms with Crippen molar-refractivity contribution in [3.8, 4) is 28.9 Å². The number of hydrogen-bond donors (Lipinski definition) is 2. The van der Waals surface area contributed by atoms with E-state index in [1.807, 2.05) is 6.07 Å². The van der Waals surface area contributed by atoms with E-state index >= 15 is 8.78 Å². The number of fused-ring (bicyclic) bond motifs is 3. The molecule has 2 N–H and O–H groups in total. The molecule has 0 radical (unpaired) electrons. The van der Waals surface area contributed by atoms with Crippen LogP contribution in [0.2, 0.25) is 16.6 Å². The van der Waals surface area contributed by atoms with Crippen LogP contribution in [0.1, 0.15) is 92.1 Å². The Hall–Kier alpha value is -3.59. The van der Waals surface area contributed by atoms with Crippen LogP contribution in [0.4, 0.5) is 13.2 Å². The van der Waals surface area contributed by atoms with E-state index in [2.05, 4.69) is 71.7 Å². The molecule has 0 saturated carbocycles. The number of nitrogens with zero attached hydrogens (tertiary/aromatic N) is 5. The molecule has 0 bridgehead atoms. The monoisotopic (exact) mass is 794 g/mol. The molecule has 0 amide bonds. The van der Waals surface area contributed by atoms with E-state index in [0.717, 1.165) is 51.7 Å². The first kappa shape index (κ1) is 40.6. The Morgan fingerprint density at radius 3 is 2.57 bits per heavy atom. The number of ether oxygens (including phenoxy) is 2. The van der Waals surface area contributed by atoms with Crippen LogP contribution in [0.25, 0.3) is 33.1 Å². The minimum absolute atomic E-state index is 0.00110. The van der Waals surface area contributed by atoms with Gasteiger partial charge in [0.25, 0.3) is 8.32 Å². The summed E-state index contributed by atoms with van der Waals surface area (Å²) in [5.74, 6) is -1.30. The molecular formula is C42H57F3N6O4Si. The van der Waals surface area contributed by atoms with Crippen molar-refractivity contribution in [3.05, 3.63) is 41.7 Å². The minimum Gasteiger partial charge on any atom is -0.543 e. The highest BCUT2D eigenvalue weighted by Crippen LogP contribution is 2.46. The summed E-state index contributed by atoms with van der Waals surface area (Å²) in [7, 11) is -2.49. The molecule has 304 valence electrons. The Labute approximate surface area is 329 Å². The van der Waals surface area contributed by atoms with Gasteiger partial charge in [-0.2, -0.15) is 9.97 Å². The summed E-state index contributed by atoms with van der Waals surface area (Å²) < 4.78 is 66.9. The lowest BCUT2D eigenvalue weighted by molar-refractivity contribution is 0.0494. The Morgan fingerprint density at radius 2 is 1.80 bits per heavy atom. The van der Waals surface area contributed by atoms with Crippen LogP contribution in [0.15, 0.2) is 24.5 Å². The molecular weight excluding hydrogens is 738 g/mol. The number of aromatic hydroxyl groups is 1. The number of aryl methyl sites for hydroxylation is 1. The second kappa shape index (κ2) is 16.7. The van der Waals surface area contributed by atoms with Crippen LogP contribution in [0.3, 0.4) is 0 Å².